The second kappa shape index (κ2) is 24.7. The van der Waals surface area contributed by atoms with Gasteiger partial charge in [-0.2, -0.15) is 0 Å². The number of ether oxygens (including phenoxy) is 2. The zero-order valence-corrected chi connectivity index (χ0v) is 24.9. The Hall–Kier alpha value is -2.08. The van der Waals surface area contributed by atoms with E-state index in [2.05, 4.69) is 12.2 Å². The number of nitrogens with one attached hydrogen (secondary N) is 1. The van der Waals surface area contributed by atoms with Crippen LogP contribution in [0.4, 0.5) is 0 Å². The lowest BCUT2D eigenvalue weighted by atomic mass is 10.0. The molecule has 0 spiro atoms. The Balaban J connectivity index is 4.40. The summed E-state index contributed by atoms with van der Waals surface area (Å²) in [5, 5.41) is 11.6. The molecule has 40 heavy (non-hydrogen) atoms. The van der Waals surface area contributed by atoms with Crippen LogP contribution in [0, 0.1) is 0 Å². The maximum Gasteiger partial charge on any atom is 0.336 e. The Morgan fingerprint density at radius 2 is 1.27 bits per heavy atom. The first kappa shape index (κ1) is 37.9. The van der Waals surface area contributed by atoms with Crippen molar-refractivity contribution in [3.05, 3.63) is 0 Å². The van der Waals surface area contributed by atoms with Crippen molar-refractivity contribution in [2.45, 2.75) is 147 Å². The number of unbranched alkanes of at least 4 members (excludes halogenated alkanes) is 13. The molecule has 0 aromatic heterocycles. The van der Waals surface area contributed by atoms with Crippen LogP contribution in [0.15, 0.2) is 0 Å². The first-order chi connectivity index (χ1) is 19.2. The van der Waals surface area contributed by atoms with Gasteiger partial charge in [-0.05, 0) is 39.2 Å². The monoisotopic (exact) mass is 572 g/mol. The van der Waals surface area contributed by atoms with E-state index >= 15 is 0 Å². The molecule has 11 heteroatoms. The second-order valence-corrected chi connectivity index (χ2v) is 10.6. The molecule has 0 aliphatic carbocycles. The van der Waals surface area contributed by atoms with Gasteiger partial charge in [0.25, 0.3) is 0 Å². The van der Waals surface area contributed by atoms with Gasteiger partial charge >= 0.3 is 17.9 Å². The highest BCUT2D eigenvalue weighted by molar-refractivity contribution is 5.93. The van der Waals surface area contributed by atoms with E-state index in [1.807, 2.05) is 0 Å². The van der Waals surface area contributed by atoms with Crippen LogP contribution in [0.3, 0.4) is 0 Å². The van der Waals surface area contributed by atoms with Gasteiger partial charge in [-0.1, -0.05) is 84.0 Å². The van der Waals surface area contributed by atoms with E-state index in [-0.39, 0.29) is 18.7 Å². The highest BCUT2D eigenvalue weighted by Crippen LogP contribution is 2.13. The summed E-state index contributed by atoms with van der Waals surface area (Å²) >= 11 is 0. The molecule has 0 fully saturated rings. The second-order valence-electron chi connectivity index (χ2n) is 10.6. The largest absolute Gasteiger partial charge is 0.459 e. The molecule has 234 valence electrons. The standard InChI is InChI=1S/C29H56N4O7/c1-3-4-5-6-7-8-9-10-11-12-13-14-15-19-25(35)33-24(18-16-17-20-30)28(37)40-29(38)26(32)22(2)39-27(36)23(31)21-34/h22-24,26,34H,3-21,30-32H2,1-2H3,(H,33,35)/t22-,23+,24+,26+/m1/s1. The van der Waals surface area contributed by atoms with Crippen LogP contribution in [-0.4, -0.2) is 66.3 Å². The zero-order valence-electron chi connectivity index (χ0n) is 24.9. The molecule has 0 radical (unpaired) electrons. The molecule has 0 heterocycles. The van der Waals surface area contributed by atoms with Crippen molar-refractivity contribution in [2.24, 2.45) is 17.2 Å². The highest BCUT2D eigenvalue weighted by atomic mass is 16.6. The van der Waals surface area contributed by atoms with Gasteiger partial charge in [0.05, 0.1) is 6.61 Å². The number of aliphatic hydroxyl groups is 1. The van der Waals surface area contributed by atoms with E-state index in [0.717, 1.165) is 25.7 Å². The number of hydrogen-bond acceptors (Lipinski definition) is 10. The minimum absolute atomic E-state index is 0.263. The molecule has 0 aromatic carbocycles. The molecule has 0 unspecified atom stereocenters. The lowest BCUT2D eigenvalue weighted by Gasteiger charge is -2.22. The van der Waals surface area contributed by atoms with Crippen molar-refractivity contribution in [1.82, 2.24) is 5.32 Å². The third-order valence-electron chi connectivity index (χ3n) is 6.85. The molecule has 8 N–H and O–H groups in total. The predicted molar refractivity (Wildman–Crippen MR) is 155 cm³/mol. The number of hydrogen-bond donors (Lipinski definition) is 5. The maximum absolute atomic E-state index is 12.7. The van der Waals surface area contributed by atoms with Gasteiger partial charge in [-0.25, -0.2) is 9.59 Å². The fourth-order valence-electron chi connectivity index (χ4n) is 4.16. The maximum atomic E-state index is 12.7. The van der Waals surface area contributed by atoms with Gasteiger partial charge in [0, 0.05) is 6.42 Å². The third kappa shape index (κ3) is 19.1. The van der Waals surface area contributed by atoms with Crippen LogP contribution in [0.25, 0.3) is 0 Å². The van der Waals surface area contributed by atoms with Crippen LogP contribution >= 0.6 is 0 Å². The summed E-state index contributed by atoms with van der Waals surface area (Å²) in [4.78, 5) is 49.2. The van der Waals surface area contributed by atoms with Crippen molar-refractivity contribution in [3.63, 3.8) is 0 Å². The lowest BCUT2D eigenvalue weighted by Crippen LogP contribution is -2.49. The number of nitrogens with two attached hydrogens (primary N) is 3. The van der Waals surface area contributed by atoms with Crippen molar-refractivity contribution < 1.29 is 33.8 Å². The first-order valence-electron chi connectivity index (χ1n) is 15.2. The normalized spacial score (nSPS) is 14.2. The van der Waals surface area contributed by atoms with E-state index in [1.165, 1.54) is 64.7 Å². The number of aliphatic hydroxyl groups excluding tert-OH is 1. The van der Waals surface area contributed by atoms with Gasteiger partial charge in [0.15, 0.2) is 0 Å². The number of amides is 1. The Morgan fingerprint density at radius 3 is 1.77 bits per heavy atom. The zero-order chi connectivity index (χ0) is 30.2. The summed E-state index contributed by atoms with van der Waals surface area (Å²) in [5.41, 5.74) is 16.7. The van der Waals surface area contributed by atoms with Crippen molar-refractivity contribution >= 4 is 23.8 Å². The summed E-state index contributed by atoms with van der Waals surface area (Å²) in [6.07, 6.45) is 16.3. The molecule has 0 aliphatic heterocycles. The summed E-state index contributed by atoms with van der Waals surface area (Å²) in [5.74, 6) is -3.25. The highest BCUT2D eigenvalue weighted by Gasteiger charge is 2.31. The van der Waals surface area contributed by atoms with E-state index in [1.54, 1.807) is 0 Å². The average molecular weight is 573 g/mol. The molecule has 0 rings (SSSR count). The summed E-state index contributed by atoms with van der Waals surface area (Å²) in [7, 11) is 0. The van der Waals surface area contributed by atoms with Gasteiger partial charge in [0.1, 0.15) is 24.2 Å². The minimum Gasteiger partial charge on any atom is -0.459 e. The van der Waals surface area contributed by atoms with E-state index in [4.69, 9.17) is 31.8 Å². The fraction of sp³-hybridized carbons (Fsp3) is 0.862. The van der Waals surface area contributed by atoms with E-state index in [9.17, 15) is 19.2 Å². The number of carbonyl (C=O) groups is 4. The first-order valence-corrected chi connectivity index (χ1v) is 15.2. The molecular formula is C29H56N4O7. The van der Waals surface area contributed by atoms with Crippen LogP contribution in [0.1, 0.15) is 123 Å². The number of carbonyl (C=O) groups excluding carboxylic acids is 4. The molecule has 4 atom stereocenters. The van der Waals surface area contributed by atoms with Gasteiger partial charge < -0.3 is 37.1 Å². The molecule has 1 amide bonds. The SMILES string of the molecule is CCCCCCCCCCCCCCCC(=O)N[C@@H](CCCCN)C(=O)OC(=O)[C@@H](N)[C@@H](C)OC(=O)[C@@H](N)CO. The van der Waals surface area contributed by atoms with Crippen LogP contribution < -0.4 is 22.5 Å². The fourth-order valence-corrected chi connectivity index (χ4v) is 4.16. The van der Waals surface area contributed by atoms with Gasteiger partial charge in [-0.15, -0.1) is 0 Å². The van der Waals surface area contributed by atoms with E-state index in [0.29, 0.717) is 19.4 Å². The van der Waals surface area contributed by atoms with Gasteiger partial charge in [-0.3, -0.25) is 9.59 Å². The third-order valence-corrected chi connectivity index (χ3v) is 6.85. The molecule has 0 saturated carbocycles. The topological polar surface area (TPSA) is 197 Å². The summed E-state index contributed by atoms with van der Waals surface area (Å²) in [6.45, 7) is 3.37. The summed E-state index contributed by atoms with van der Waals surface area (Å²) < 4.78 is 9.84. The van der Waals surface area contributed by atoms with Crippen molar-refractivity contribution in [3.8, 4) is 0 Å². The van der Waals surface area contributed by atoms with Crippen LogP contribution in [-0.2, 0) is 28.7 Å². The molecule has 0 saturated heterocycles. The molecular weight excluding hydrogens is 516 g/mol. The Labute approximate surface area is 240 Å². The average Bonchev–Trinajstić information content (AvgIpc) is 2.93. The quantitative estimate of drug-likeness (QED) is 0.0616. The Kier molecular flexibility index (Phi) is 23.4. The van der Waals surface area contributed by atoms with Gasteiger partial charge in [0.2, 0.25) is 5.91 Å². The Bertz CT molecular complexity index is 708. The molecule has 0 aliphatic rings. The lowest BCUT2D eigenvalue weighted by molar-refractivity contribution is -0.166. The minimum atomic E-state index is -1.45. The van der Waals surface area contributed by atoms with Crippen molar-refractivity contribution in [2.75, 3.05) is 13.2 Å². The molecule has 0 aromatic rings. The summed E-state index contributed by atoms with van der Waals surface area (Å²) in [6, 6.07) is -3.74. The smallest absolute Gasteiger partial charge is 0.336 e. The molecule has 11 nitrogen and oxygen atoms in total. The predicted octanol–water partition coefficient (Wildman–Crippen LogP) is 2.73. The number of rotatable bonds is 25. The Morgan fingerprint density at radius 1 is 0.750 bits per heavy atom. The van der Waals surface area contributed by atoms with Crippen LogP contribution in [0.2, 0.25) is 0 Å². The molecule has 0 bridgehead atoms. The van der Waals surface area contributed by atoms with Crippen LogP contribution in [0.5, 0.6) is 0 Å². The van der Waals surface area contributed by atoms with Crippen molar-refractivity contribution in [1.29, 1.82) is 0 Å². The van der Waals surface area contributed by atoms with E-state index < -0.39 is 48.7 Å². The number of esters is 3.